The summed E-state index contributed by atoms with van der Waals surface area (Å²) in [6, 6.07) is 10.9. The van der Waals surface area contributed by atoms with Gasteiger partial charge in [-0.3, -0.25) is 28.1 Å². The van der Waals surface area contributed by atoms with Crippen LogP contribution in [0.5, 0.6) is 0 Å². The van der Waals surface area contributed by atoms with E-state index in [0.29, 0.717) is 46.0 Å². The number of ether oxygens (including phenoxy) is 2. The zero-order chi connectivity index (χ0) is 44.0. The largest absolute Gasteiger partial charge is 0.378 e. The van der Waals surface area contributed by atoms with E-state index in [1.165, 1.54) is 32.9 Å². The molecule has 2 aliphatic heterocycles. The second-order valence-corrected chi connectivity index (χ2v) is 18.3. The standard InChI is InChI=1S/C44H47ClFIN10O6/c1-26-37-36(40(53(2)41(26)59)52-33-9-6-27(47)20-32(33)46)42(60)57(29-7-8-29)43(61)56(37)30-5-3-4-28(21-30)51-34(58)23-63-19-18-62-17-16-54-13-10-44(11-14-54)12-15-55(24-44)39-35-31(45)22-48-38(35)49-25-50-39/h3-6,9,20-22,25,29,52H,7-8,10-19,23-24H2,1-2H3,(H,51,58)(H,48,49,50). The van der Waals surface area contributed by atoms with Crippen LogP contribution >= 0.6 is 34.2 Å². The van der Waals surface area contributed by atoms with Crippen LogP contribution in [0.4, 0.5) is 27.4 Å². The number of carbonyl (C=O) groups excluding carboxylic acids is 1. The van der Waals surface area contributed by atoms with E-state index in [-0.39, 0.29) is 52.6 Å². The summed E-state index contributed by atoms with van der Waals surface area (Å²) in [5, 5.41) is 7.39. The number of nitrogens with one attached hydrogen (secondary N) is 3. The van der Waals surface area contributed by atoms with Crippen molar-refractivity contribution in [2.45, 2.75) is 45.1 Å². The highest BCUT2D eigenvalue weighted by Gasteiger charge is 2.41. The molecule has 2 aromatic carbocycles. The van der Waals surface area contributed by atoms with Gasteiger partial charge in [0.1, 0.15) is 41.4 Å². The van der Waals surface area contributed by atoms with Gasteiger partial charge >= 0.3 is 5.69 Å². The number of aryl methyl sites for hydroxylation is 1. The molecule has 1 spiro atoms. The van der Waals surface area contributed by atoms with Gasteiger partial charge in [-0.05, 0) is 117 Å². The average molecular weight is 993 g/mol. The van der Waals surface area contributed by atoms with Gasteiger partial charge in [-0.15, -0.1) is 0 Å². The number of carbonyl (C=O) groups is 1. The quantitative estimate of drug-likeness (QED) is 0.0881. The van der Waals surface area contributed by atoms with Gasteiger partial charge in [0.05, 0.1) is 47.1 Å². The van der Waals surface area contributed by atoms with E-state index >= 15 is 4.39 Å². The molecule has 3 fully saturated rings. The van der Waals surface area contributed by atoms with Gasteiger partial charge in [0, 0.05) is 53.7 Å². The number of likely N-dealkylation sites (tertiary alicyclic amines) is 1. The van der Waals surface area contributed by atoms with Gasteiger partial charge in [0.15, 0.2) is 0 Å². The SMILES string of the molecule is Cc1c(=O)n(C)c(Nc2ccc(I)cc2F)c2c(=O)n(C3CC3)c(=O)n(-c3cccc(NC(=O)COCCOCCN4CCC5(CC4)CCN(c4ncnc6[nH]cc(Cl)c46)C5)c3)c12. The molecule has 9 rings (SSSR count). The maximum Gasteiger partial charge on any atom is 0.336 e. The minimum Gasteiger partial charge on any atom is -0.378 e. The van der Waals surface area contributed by atoms with Gasteiger partial charge in [0.2, 0.25) is 5.91 Å². The zero-order valence-electron chi connectivity index (χ0n) is 34.9. The lowest BCUT2D eigenvalue weighted by atomic mass is 9.78. The molecule has 0 atom stereocenters. The Kier molecular flexibility index (Phi) is 12.2. The molecular weight excluding hydrogens is 946 g/mol. The summed E-state index contributed by atoms with van der Waals surface area (Å²) >= 11 is 8.46. The van der Waals surface area contributed by atoms with Crippen molar-refractivity contribution in [2.75, 3.05) is 74.7 Å². The highest BCUT2D eigenvalue weighted by molar-refractivity contribution is 14.1. The molecule has 3 N–H and O–H groups in total. The van der Waals surface area contributed by atoms with Crippen LogP contribution in [0.15, 0.2) is 69.4 Å². The molecule has 1 amide bonds. The molecular formula is C44H47ClFIN10O6. The summed E-state index contributed by atoms with van der Waals surface area (Å²) in [6.07, 6.45) is 7.96. The van der Waals surface area contributed by atoms with Crippen LogP contribution in [0.2, 0.25) is 5.02 Å². The number of fused-ring (bicyclic) bond motifs is 2. The highest BCUT2D eigenvalue weighted by atomic mass is 127. The fourth-order valence-corrected chi connectivity index (χ4v) is 9.68. The van der Waals surface area contributed by atoms with E-state index in [9.17, 15) is 19.2 Å². The minimum atomic E-state index is -0.613. The van der Waals surface area contributed by atoms with E-state index in [0.717, 1.165) is 68.8 Å². The number of aromatic nitrogens is 6. The highest BCUT2D eigenvalue weighted by Crippen LogP contribution is 2.43. The van der Waals surface area contributed by atoms with Crippen molar-refractivity contribution in [3.8, 4) is 5.69 Å². The predicted octanol–water partition coefficient (Wildman–Crippen LogP) is 5.87. The van der Waals surface area contributed by atoms with E-state index in [4.69, 9.17) is 21.1 Å². The molecule has 2 saturated heterocycles. The van der Waals surface area contributed by atoms with Crippen LogP contribution in [0.3, 0.4) is 0 Å². The fourth-order valence-electron chi connectivity index (χ4n) is 9.00. The molecule has 0 radical (unpaired) electrons. The molecule has 19 heteroatoms. The summed E-state index contributed by atoms with van der Waals surface area (Å²) < 4.78 is 31.1. The number of pyridine rings is 1. The Balaban J connectivity index is 0.791. The van der Waals surface area contributed by atoms with Crippen LogP contribution in [-0.2, 0) is 21.3 Å². The summed E-state index contributed by atoms with van der Waals surface area (Å²) in [5.74, 6) is -0.0149. The average Bonchev–Trinajstić information content (AvgIpc) is 3.91. The van der Waals surface area contributed by atoms with Gasteiger partial charge in [0.25, 0.3) is 11.1 Å². The molecule has 0 bridgehead atoms. The molecule has 1 aliphatic carbocycles. The first kappa shape index (κ1) is 43.1. The van der Waals surface area contributed by atoms with Gasteiger partial charge in [-0.2, -0.15) is 0 Å². The first-order valence-corrected chi connectivity index (χ1v) is 22.5. The Bertz CT molecular complexity index is 2920. The Morgan fingerprint density at radius 3 is 2.56 bits per heavy atom. The lowest BCUT2D eigenvalue weighted by Gasteiger charge is -2.39. The first-order valence-electron chi connectivity index (χ1n) is 21.0. The summed E-state index contributed by atoms with van der Waals surface area (Å²) in [7, 11) is 1.50. The van der Waals surface area contributed by atoms with Crippen molar-refractivity contribution in [3.05, 3.63) is 106 Å². The van der Waals surface area contributed by atoms with E-state index in [1.54, 1.807) is 49.8 Å². The van der Waals surface area contributed by atoms with Crippen molar-refractivity contribution in [3.63, 3.8) is 0 Å². The minimum absolute atomic E-state index is 0.0566. The van der Waals surface area contributed by atoms with Crippen molar-refractivity contribution < 1.29 is 18.7 Å². The molecule has 16 nitrogen and oxygen atoms in total. The molecule has 6 aromatic rings. The van der Waals surface area contributed by atoms with Gasteiger partial charge in [-0.1, -0.05) is 17.7 Å². The van der Waals surface area contributed by atoms with Crippen molar-refractivity contribution >= 4 is 85.0 Å². The number of piperidine rings is 1. The lowest BCUT2D eigenvalue weighted by Crippen LogP contribution is -2.42. The number of H-pyrrole nitrogens is 1. The molecule has 4 aromatic heterocycles. The van der Waals surface area contributed by atoms with Crippen molar-refractivity contribution in [2.24, 2.45) is 12.5 Å². The second-order valence-electron chi connectivity index (χ2n) is 16.7. The van der Waals surface area contributed by atoms with Crippen LogP contribution in [0.25, 0.3) is 27.6 Å². The number of benzene rings is 2. The maximum absolute atomic E-state index is 15.1. The Hall–Kier alpha value is -5.15. The molecule has 0 unspecified atom stereocenters. The van der Waals surface area contributed by atoms with E-state index in [1.807, 2.05) is 22.6 Å². The number of halogens is 3. The number of aromatic amines is 1. The van der Waals surface area contributed by atoms with Crippen LogP contribution in [0, 0.1) is 21.7 Å². The summed E-state index contributed by atoms with van der Waals surface area (Å²) in [6.45, 7) is 7.17. The van der Waals surface area contributed by atoms with E-state index in [2.05, 4.69) is 35.4 Å². The summed E-state index contributed by atoms with van der Waals surface area (Å²) in [5.41, 5.74) is 0.387. The van der Waals surface area contributed by atoms with E-state index < -0.39 is 28.5 Å². The molecule has 63 heavy (non-hydrogen) atoms. The van der Waals surface area contributed by atoms with Gasteiger partial charge in [-0.25, -0.2) is 19.2 Å². The Morgan fingerprint density at radius 1 is 1.00 bits per heavy atom. The number of hydrogen-bond donors (Lipinski definition) is 3. The fraction of sp³-hybridized carbons (Fsp3) is 0.409. The smallest absolute Gasteiger partial charge is 0.336 e. The Morgan fingerprint density at radius 2 is 1.78 bits per heavy atom. The van der Waals surface area contributed by atoms with Crippen molar-refractivity contribution in [1.29, 1.82) is 0 Å². The van der Waals surface area contributed by atoms with Crippen LogP contribution in [0.1, 0.15) is 43.7 Å². The number of amides is 1. The van der Waals surface area contributed by atoms with Crippen LogP contribution < -0.4 is 32.3 Å². The Labute approximate surface area is 379 Å². The molecule has 3 aliphatic rings. The van der Waals surface area contributed by atoms with Crippen molar-refractivity contribution in [1.82, 2.24) is 33.6 Å². The normalized spacial score (nSPS) is 16.4. The number of anilines is 4. The number of nitrogens with zero attached hydrogens (tertiary/aromatic N) is 7. The van der Waals surface area contributed by atoms with Gasteiger partial charge < -0.3 is 34.9 Å². The lowest BCUT2D eigenvalue weighted by molar-refractivity contribution is -0.121. The predicted molar refractivity (Wildman–Crippen MR) is 249 cm³/mol. The topological polar surface area (TPSA) is 174 Å². The molecule has 6 heterocycles. The molecule has 330 valence electrons. The van der Waals surface area contributed by atoms with Crippen LogP contribution in [-0.4, -0.2) is 98.6 Å². The summed E-state index contributed by atoms with van der Waals surface area (Å²) in [4.78, 5) is 71.9. The third-order valence-corrected chi connectivity index (χ3v) is 13.5. The third kappa shape index (κ3) is 8.62. The second kappa shape index (κ2) is 17.8. The third-order valence-electron chi connectivity index (χ3n) is 12.5. The number of rotatable bonds is 14. The monoisotopic (exact) mass is 992 g/mol. The maximum atomic E-state index is 15.1. The zero-order valence-corrected chi connectivity index (χ0v) is 37.8. The first-order chi connectivity index (χ1) is 30.4. The number of hydrogen-bond acceptors (Lipinski definition) is 11. The molecule has 1 saturated carbocycles.